The van der Waals surface area contributed by atoms with Crippen LogP contribution in [0.3, 0.4) is 0 Å². The molecule has 0 unspecified atom stereocenters. The Labute approximate surface area is 189 Å². The largest absolute Gasteiger partial charge is 0.497 e. The van der Waals surface area contributed by atoms with Crippen molar-refractivity contribution in [3.8, 4) is 16.9 Å². The number of thioether (sulfide) groups is 1. The minimum absolute atomic E-state index is 0. The Hall–Kier alpha value is -1.92. The number of aryl methyl sites for hydroxylation is 2. The average Bonchev–Trinajstić information content (AvgIpc) is 3.34. The van der Waals surface area contributed by atoms with Crippen LogP contribution >= 0.6 is 24.2 Å². The molecule has 1 N–H and O–H groups in total. The summed E-state index contributed by atoms with van der Waals surface area (Å²) in [6, 6.07) is 6.70. The van der Waals surface area contributed by atoms with E-state index in [2.05, 4.69) is 49.0 Å². The van der Waals surface area contributed by atoms with Crippen LogP contribution in [-0.4, -0.2) is 34.0 Å². The number of benzene rings is 1. The van der Waals surface area contributed by atoms with Crippen LogP contribution in [0.4, 0.5) is 5.82 Å². The smallest absolute Gasteiger partial charge is 0.165 e. The number of hydrogen-bond donors (Lipinski definition) is 1. The first kappa shape index (κ1) is 22.8. The zero-order chi connectivity index (χ0) is 20.5. The second kappa shape index (κ2) is 9.48. The zero-order valence-corrected chi connectivity index (χ0v) is 20.0. The van der Waals surface area contributed by atoms with E-state index in [4.69, 9.17) is 14.8 Å². The molecule has 7 heteroatoms. The highest BCUT2D eigenvalue weighted by Crippen LogP contribution is 2.39. The van der Waals surface area contributed by atoms with E-state index in [9.17, 15) is 0 Å². The van der Waals surface area contributed by atoms with Gasteiger partial charge in [0.1, 0.15) is 11.6 Å². The first-order valence-corrected chi connectivity index (χ1v) is 11.7. The third-order valence-corrected chi connectivity index (χ3v) is 6.75. The van der Waals surface area contributed by atoms with Gasteiger partial charge in [-0.2, -0.15) is 9.61 Å². The monoisotopic (exact) mass is 446 g/mol. The van der Waals surface area contributed by atoms with Crippen molar-refractivity contribution in [1.29, 1.82) is 0 Å². The molecule has 0 saturated heterocycles. The summed E-state index contributed by atoms with van der Waals surface area (Å²) in [5, 5.41) is 8.75. The lowest BCUT2D eigenvalue weighted by Crippen LogP contribution is -2.21. The molecule has 162 valence electrons. The number of methoxy groups -OCH3 is 1. The highest BCUT2D eigenvalue weighted by Gasteiger charge is 2.25. The number of nitrogens with zero attached hydrogens (tertiary/aromatic N) is 3. The van der Waals surface area contributed by atoms with Crippen LogP contribution in [0.2, 0.25) is 0 Å². The molecule has 2 heterocycles. The highest BCUT2D eigenvalue weighted by atomic mass is 35.5. The number of rotatable bonds is 7. The third-order valence-electron chi connectivity index (χ3n) is 5.97. The van der Waals surface area contributed by atoms with E-state index in [1.807, 2.05) is 6.07 Å². The maximum Gasteiger partial charge on any atom is 0.165 e. The molecule has 0 aliphatic heterocycles. The van der Waals surface area contributed by atoms with Crippen molar-refractivity contribution in [1.82, 2.24) is 14.6 Å². The van der Waals surface area contributed by atoms with Crippen LogP contribution in [0.1, 0.15) is 50.1 Å². The summed E-state index contributed by atoms with van der Waals surface area (Å²) in [4.78, 5) is 6.29. The van der Waals surface area contributed by atoms with E-state index in [1.54, 1.807) is 18.9 Å². The van der Waals surface area contributed by atoms with Crippen molar-refractivity contribution in [2.24, 2.45) is 0 Å². The number of anilines is 1. The molecule has 3 aromatic rings. The van der Waals surface area contributed by atoms with Crippen LogP contribution < -0.4 is 10.1 Å². The molecule has 0 bridgehead atoms. The first-order valence-electron chi connectivity index (χ1n) is 10.5. The van der Waals surface area contributed by atoms with Crippen molar-refractivity contribution in [3.63, 3.8) is 0 Å². The number of ether oxygens (including phenoxy) is 1. The lowest BCUT2D eigenvalue weighted by Gasteiger charge is -2.20. The van der Waals surface area contributed by atoms with Gasteiger partial charge in [-0.3, -0.25) is 0 Å². The van der Waals surface area contributed by atoms with Gasteiger partial charge in [-0.25, -0.2) is 4.98 Å². The normalized spacial score (nSPS) is 12.9. The third kappa shape index (κ3) is 3.87. The Morgan fingerprint density at radius 2 is 2.00 bits per heavy atom. The lowest BCUT2D eigenvalue weighted by molar-refractivity contribution is 0.414. The predicted octanol–water partition coefficient (Wildman–Crippen LogP) is 5.95. The zero-order valence-electron chi connectivity index (χ0n) is 18.4. The fraction of sp³-hybridized carbons (Fsp3) is 0.478. The van der Waals surface area contributed by atoms with E-state index in [0.29, 0.717) is 6.04 Å². The molecular weight excluding hydrogens is 416 g/mol. The molecule has 0 saturated carbocycles. The van der Waals surface area contributed by atoms with E-state index < -0.39 is 0 Å². The molecule has 0 radical (unpaired) electrons. The van der Waals surface area contributed by atoms with Gasteiger partial charge in [0.05, 0.1) is 18.4 Å². The fourth-order valence-corrected chi connectivity index (χ4v) is 4.91. The molecule has 30 heavy (non-hydrogen) atoms. The van der Waals surface area contributed by atoms with E-state index in [1.165, 1.54) is 28.1 Å². The van der Waals surface area contributed by atoms with Crippen LogP contribution in [0.15, 0.2) is 23.1 Å². The number of nitrogens with one attached hydrogen (secondary N) is 1. The van der Waals surface area contributed by atoms with Crippen molar-refractivity contribution in [2.75, 3.05) is 18.7 Å². The Balaban J connectivity index is 0.00000256. The van der Waals surface area contributed by atoms with Crippen molar-refractivity contribution >= 4 is 35.6 Å². The highest BCUT2D eigenvalue weighted by molar-refractivity contribution is 7.98. The quantitative estimate of drug-likeness (QED) is 0.454. The molecule has 5 nitrogen and oxygen atoms in total. The van der Waals surface area contributed by atoms with Gasteiger partial charge >= 0.3 is 0 Å². The number of hydrogen-bond acceptors (Lipinski definition) is 5. The van der Waals surface area contributed by atoms with E-state index >= 15 is 0 Å². The summed E-state index contributed by atoms with van der Waals surface area (Å²) in [6.07, 6.45) is 7.58. The van der Waals surface area contributed by atoms with Gasteiger partial charge in [0.2, 0.25) is 0 Å². The van der Waals surface area contributed by atoms with Gasteiger partial charge in [0.15, 0.2) is 5.65 Å². The van der Waals surface area contributed by atoms with Gasteiger partial charge in [-0.05, 0) is 63.5 Å². The van der Waals surface area contributed by atoms with Gasteiger partial charge in [0, 0.05) is 27.8 Å². The number of aromatic nitrogens is 3. The maximum absolute atomic E-state index is 5.44. The summed E-state index contributed by atoms with van der Waals surface area (Å²) in [6.45, 7) is 6.56. The summed E-state index contributed by atoms with van der Waals surface area (Å²) in [5.41, 5.74) is 6.83. The van der Waals surface area contributed by atoms with Crippen molar-refractivity contribution in [3.05, 3.63) is 35.2 Å². The standard InChI is InChI=1S/C23H30N4OS.ClH/c1-6-15(7-2)24-22-17-9-8-10-19(17)25-23-21(14(3)26-27(22)23)18-12-11-16(28-4)13-20(18)29-5;/h11-13,15,24H,6-10H2,1-5H3;1H. The predicted molar refractivity (Wildman–Crippen MR) is 129 cm³/mol. The van der Waals surface area contributed by atoms with Crippen LogP contribution in [0.25, 0.3) is 16.8 Å². The average molecular weight is 447 g/mol. The minimum Gasteiger partial charge on any atom is -0.497 e. The molecule has 0 fully saturated rings. The molecule has 0 spiro atoms. The summed E-state index contributed by atoms with van der Waals surface area (Å²) in [7, 11) is 1.71. The molecule has 0 atom stereocenters. The molecule has 0 amide bonds. The second-order valence-corrected chi connectivity index (χ2v) is 8.51. The van der Waals surface area contributed by atoms with Gasteiger partial charge in [0.25, 0.3) is 0 Å². The lowest BCUT2D eigenvalue weighted by atomic mass is 10.1. The Morgan fingerprint density at radius 1 is 1.23 bits per heavy atom. The molecule has 1 aromatic carbocycles. The fourth-order valence-electron chi connectivity index (χ4n) is 4.29. The van der Waals surface area contributed by atoms with Crippen LogP contribution in [-0.2, 0) is 12.8 Å². The van der Waals surface area contributed by atoms with E-state index in [-0.39, 0.29) is 12.4 Å². The first-order chi connectivity index (χ1) is 14.1. The van der Waals surface area contributed by atoms with Crippen molar-refractivity contribution < 1.29 is 4.74 Å². The van der Waals surface area contributed by atoms with Crippen molar-refractivity contribution in [2.45, 2.75) is 63.8 Å². The molecular formula is C23H31ClN4OS. The number of halogens is 1. The van der Waals surface area contributed by atoms with Gasteiger partial charge < -0.3 is 10.1 Å². The van der Waals surface area contributed by atoms with Gasteiger partial charge in [-0.1, -0.05) is 13.8 Å². The molecule has 2 aromatic heterocycles. The maximum atomic E-state index is 5.44. The summed E-state index contributed by atoms with van der Waals surface area (Å²) in [5.74, 6) is 2.02. The molecule has 1 aliphatic carbocycles. The van der Waals surface area contributed by atoms with Gasteiger partial charge in [-0.15, -0.1) is 24.2 Å². The molecule has 4 rings (SSSR count). The number of fused-ring (bicyclic) bond motifs is 2. The Morgan fingerprint density at radius 3 is 2.67 bits per heavy atom. The summed E-state index contributed by atoms with van der Waals surface area (Å²) >= 11 is 1.73. The van der Waals surface area contributed by atoms with Crippen LogP contribution in [0, 0.1) is 6.92 Å². The SMILES string of the molecule is CCC(CC)Nc1c2c(nc3c(-c4ccc(OC)cc4SC)c(C)nn13)CCC2.Cl. The second-order valence-electron chi connectivity index (χ2n) is 7.66. The minimum atomic E-state index is 0. The summed E-state index contributed by atoms with van der Waals surface area (Å²) < 4.78 is 7.49. The Bertz CT molecular complexity index is 1050. The van der Waals surface area contributed by atoms with E-state index in [0.717, 1.165) is 54.2 Å². The molecule has 1 aliphatic rings. The topological polar surface area (TPSA) is 51.5 Å². The van der Waals surface area contributed by atoms with Crippen LogP contribution in [0.5, 0.6) is 5.75 Å². The Kier molecular flexibility index (Phi) is 7.19.